The first-order chi connectivity index (χ1) is 17.9. The van der Waals surface area contributed by atoms with Gasteiger partial charge in [0.2, 0.25) is 5.91 Å². The van der Waals surface area contributed by atoms with E-state index in [1.165, 1.54) is 5.01 Å². The van der Waals surface area contributed by atoms with E-state index >= 15 is 0 Å². The molecule has 0 aromatic heterocycles. The number of hydrazone groups is 1. The normalized spacial score (nSPS) is 18.1. The molecule has 2 aliphatic rings. The monoisotopic (exact) mass is 526 g/mol. The average molecular weight is 527 g/mol. The van der Waals surface area contributed by atoms with Gasteiger partial charge in [-0.2, -0.15) is 5.10 Å². The lowest BCUT2D eigenvalue weighted by Gasteiger charge is -2.32. The number of rotatable bonds is 9. The number of hydrogen-bond donors (Lipinski definition) is 0. The number of carbonyl (C=O) groups excluding carboxylic acids is 2. The highest BCUT2D eigenvalue weighted by Gasteiger charge is 2.35. The zero-order valence-corrected chi connectivity index (χ0v) is 22.5. The molecule has 0 radical (unpaired) electrons. The van der Waals surface area contributed by atoms with Crippen LogP contribution in [-0.4, -0.2) is 85.4 Å². The van der Waals surface area contributed by atoms with Crippen molar-refractivity contribution in [1.82, 2.24) is 14.8 Å². The lowest BCUT2D eigenvalue weighted by atomic mass is 9.98. The average Bonchev–Trinajstić information content (AvgIpc) is 3.37. The molecule has 9 heteroatoms. The number of morpholine rings is 1. The second kappa shape index (κ2) is 12.5. The largest absolute Gasteiger partial charge is 0.497 e. The van der Waals surface area contributed by atoms with E-state index < -0.39 is 0 Å². The van der Waals surface area contributed by atoms with Gasteiger partial charge >= 0.3 is 0 Å². The Bertz CT molecular complexity index is 1130. The van der Waals surface area contributed by atoms with Crippen LogP contribution in [0.4, 0.5) is 0 Å². The molecule has 0 N–H and O–H groups in total. The van der Waals surface area contributed by atoms with Crippen molar-refractivity contribution in [3.63, 3.8) is 0 Å². The van der Waals surface area contributed by atoms with Crippen LogP contribution in [0.15, 0.2) is 53.6 Å². The molecule has 1 saturated heterocycles. The number of carbonyl (C=O) groups is 2. The number of methoxy groups -OCH3 is 1. The first-order valence-corrected chi connectivity index (χ1v) is 13.1. The summed E-state index contributed by atoms with van der Waals surface area (Å²) >= 11 is 6.56. The Balaban J connectivity index is 1.58. The van der Waals surface area contributed by atoms with Crippen LogP contribution in [0.2, 0.25) is 5.02 Å². The maximum Gasteiger partial charge on any atom is 0.262 e. The summed E-state index contributed by atoms with van der Waals surface area (Å²) in [5.41, 5.74) is 2.48. The van der Waals surface area contributed by atoms with Gasteiger partial charge in [0, 0.05) is 49.1 Å². The SMILES string of the molecule is COc1cccc(C2=NN(C(=O)CN(CCN3CCOCC3)C(=O)C(C)C)C(c3ccccc3Cl)C2)c1. The van der Waals surface area contributed by atoms with Crippen LogP contribution in [0.1, 0.15) is 37.4 Å². The summed E-state index contributed by atoms with van der Waals surface area (Å²) in [6.45, 7) is 7.86. The Labute approximate surface area is 223 Å². The Hall–Kier alpha value is -2.94. The van der Waals surface area contributed by atoms with Crippen LogP contribution >= 0.6 is 11.6 Å². The molecule has 198 valence electrons. The highest BCUT2D eigenvalue weighted by Crippen LogP contribution is 2.36. The van der Waals surface area contributed by atoms with Gasteiger partial charge in [0.05, 0.1) is 32.1 Å². The molecule has 37 heavy (non-hydrogen) atoms. The second-order valence-corrected chi connectivity index (χ2v) is 10.0. The molecule has 4 rings (SSSR count). The predicted molar refractivity (Wildman–Crippen MR) is 144 cm³/mol. The third-order valence-corrected chi connectivity index (χ3v) is 7.10. The van der Waals surface area contributed by atoms with E-state index in [0.29, 0.717) is 37.7 Å². The first kappa shape index (κ1) is 27.1. The third-order valence-electron chi connectivity index (χ3n) is 6.75. The van der Waals surface area contributed by atoms with Crippen molar-refractivity contribution >= 4 is 29.1 Å². The van der Waals surface area contributed by atoms with Crippen LogP contribution in [0.3, 0.4) is 0 Å². The van der Waals surface area contributed by atoms with E-state index in [2.05, 4.69) is 4.90 Å². The molecule has 1 atom stereocenters. The maximum atomic E-state index is 13.8. The Kier molecular flexibility index (Phi) is 9.18. The molecular formula is C28H35ClN4O4. The van der Waals surface area contributed by atoms with Crippen LogP contribution in [-0.2, 0) is 14.3 Å². The molecule has 2 aromatic carbocycles. The van der Waals surface area contributed by atoms with Crippen molar-refractivity contribution in [2.75, 3.05) is 53.0 Å². The van der Waals surface area contributed by atoms with Crippen LogP contribution in [0.25, 0.3) is 0 Å². The van der Waals surface area contributed by atoms with Crippen molar-refractivity contribution in [1.29, 1.82) is 0 Å². The van der Waals surface area contributed by atoms with Gasteiger partial charge in [-0.05, 0) is 23.8 Å². The summed E-state index contributed by atoms with van der Waals surface area (Å²) in [7, 11) is 1.62. The van der Waals surface area contributed by atoms with Crippen molar-refractivity contribution in [2.45, 2.75) is 26.3 Å². The molecule has 0 saturated carbocycles. The number of ether oxygens (including phenoxy) is 2. The van der Waals surface area contributed by atoms with Crippen molar-refractivity contribution < 1.29 is 19.1 Å². The standard InChI is InChI=1S/C28H35ClN4O4/c1-20(2)28(35)32(12-11-31-13-15-37-16-14-31)19-27(34)33-26(23-9-4-5-10-24(23)29)18-25(30-33)21-7-6-8-22(17-21)36-3/h4-10,17,20,26H,11-16,18-19H2,1-3H3. The molecular weight excluding hydrogens is 492 g/mol. The zero-order chi connectivity index (χ0) is 26.4. The van der Waals surface area contributed by atoms with E-state index in [-0.39, 0.29) is 30.3 Å². The fourth-order valence-corrected chi connectivity index (χ4v) is 4.92. The van der Waals surface area contributed by atoms with Gasteiger partial charge in [-0.1, -0.05) is 55.8 Å². The fraction of sp³-hybridized carbons (Fsp3) is 0.464. The topological polar surface area (TPSA) is 74.7 Å². The summed E-state index contributed by atoms with van der Waals surface area (Å²) in [6, 6.07) is 14.8. The summed E-state index contributed by atoms with van der Waals surface area (Å²) in [5, 5.41) is 6.84. The minimum absolute atomic E-state index is 0.0444. The quantitative estimate of drug-likeness (QED) is 0.496. The lowest BCUT2D eigenvalue weighted by Crippen LogP contribution is -2.47. The van der Waals surface area contributed by atoms with Gasteiger partial charge in [-0.3, -0.25) is 14.5 Å². The maximum absolute atomic E-state index is 13.8. The van der Waals surface area contributed by atoms with Crippen LogP contribution < -0.4 is 4.74 Å². The zero-order valence-electron chi connectivity index (χ0n) is 21.7. The molecule has 0 aliphatic carbocycles. The predicted octanol–water partition coefficient (Wildman–Crippen LogP) is 3.84. The first-order valence-electron chi connectivity index (χ1n) is 12.7. The van der Waals surface area contributed by atoms with Crippen molar-refractivity contribution in [3.8, 4) is 5.75 Å². The van der Waals surface area contributed by atoms with Gasteiger partial charge in [-0.25, -0.2) is 5.01 Å². The number of halogens is 1. The molecule has 2 aromatic rings. The number of amides is 2. The molecule has 2 heterocycles. The van der Waals surface area contributed by atoms with E-state index in [1.807, 2.05) is 62.4 Å². The van der Waals surface area contributed by atoms with Gasteiger partial charge in [0.15, 0.2) is 0 Å². The molecule has 0 spiro atoms. The minimum Gasteiger partial charge on any atom is -0.497 e. The van der Waals surface area contributed by atoms with Crippen molar-refractivity contribution in [2.24, 2.45) is 11.0 Å². The van der Waals surface area contributed by atoms with Gasteiger partial charge in [0.1, 0.15) is 12.3 Å². The molecule has 2 aliphatic heterocycles. The molecule has 2 amide bonds. The summed E-state index contributed by atoms with van der Waals surface area (Å²) in [4.78, 5) is 30.7. The van der Waals surface area contributed by atoms with Gasteiger partial charge in [0.25, 0.3) is 5.91 Å². The molecule has 0 bridgehead atoms. The summed E-state index contributed by atoms with van der Waals surface area (Å²) in [5.74, 6) is 0.216. The minimum atomic E-state index is -0.363. The summed E-state index contributed by atoms with van der Waals surface area (Å²) in [6.07, 6.45) is 0.508. The molecule has 1 fully saturated rings. The van der Waals surface area contributed by atoms with Crippen molar-refractivity contribution in [3.05, 3.63) is 64.7 Å². The van der Waals surface area contributed by atoms with Crippen LogP contribution in [0.5, 0.6) is 5.75 Å². The number of benzene rings is 2. The van der Waals surface area contributed by atoms with E-state index in [1.54, 1.807) is 12.0 Å². The van der Waals surface area contributed by atoms with E-state index in [4.69, 9.17) is 26.2 Å². The molecule has 8 nitrogen and oxygen atoms in total. The highest BCUT2D eigenvalue weighted by atomic mass is 35.5. The summed E-state index contributed by atoms with van der Waals surface area (Å²) < 4.78 is 10.8. The Morgan fingerprint density at radius 1 is 1.16 bits per heavy atom. The van der Waals surface area contributed by atoms with Crippen LogP contribution in [0, 0.1) is 5.92 Å². The highest BCUT2D eigenvalue weighted by molar-refractivity contribution is 6.31. The van der Waals surface area contributed by atoms with E-state index in [0.717, 1.165) is 35.7 Å². The molecule has 1 unspecified atom stereocenters. The van der Waals surface area contributed by atoms with E-state index in [9.17, 15) is 9.59 Å². The third kappa shape index (κ3) is 6.69. The smallest absolute Gasteiger partial charge is 0.262 e. The number of nitrogens with zero attached hydrogens (tertiary/aromatic N) is 4. The lowest BCUT2D eigenvalue weighted by molar-refractivity contribution is -0.143. The second-order valence-electron chi connectivity index (χ2n) is 9.63. The Morgan fingerprint density at radius 3 is 2.62 bits per heavy atom. The van der Waals surface area contributed by atoms with Gasteiger partial charge < -0.3 is 14.4 Å². The Morgan fingerprint density at radius 2 is 1.92 bits per heavy atom. The van der Waals surface area contributed by atoms with Gasteiger partial charge in [-0.15, -0.1) is 0 Å². The number of hydrogen-bond acceptors (Lipinski definition) is 6. The fourth-order valence-electron chi connectivity index (χ4n) is 4.66.